The molecular weight excluding hydrogens is 227 g/mol. The second-order valence-electron chi connectivity index (χ2n) is 3.55. The van der Waals surface area contributed by atoms with Crippen LogP contribution in [-0.2, 0) is 0 Å². The van der Waals surface area contributed by atoms with Crippen LogP contribution in [0.3, 0.4) is 0 Å². The molecule has 5 heteroatoms. The summed E-state index contributed by atoms with van der Waals surface area (Å²) in [6, 6.07) is 4.07. The van der Waals surface area contributed by atoms with Crippen LogP contribution in [-0.4, -0.2) is 17.0 Å². The van der Waals surface area contributed by atoms with Gasteiger partial charge in [0.2, 0.25) is 5.89 Å². The lowest BCUT2D eigenvalue weighted by atomic mass is 10.2. The van der Waals surface area contributed by atoms with Gasteiger partial charge in [0.05, 0.1) is 6.04 Å². The van der Waals surface area contributed by atoms with E-state index in [2.05, 4.69) is 4.98 Å². The van der Waals surface area contributed by atoms with Crippen LogP contribution in [0.4, 0.5) is 4.39 Å². The van der Waals surface area contributed by atoms with E-state index < -0.39 is 0 Å². The van der Waals surface area contributed by atoms with Gasteiger partial charge in [-0.05, 0) is 30.6 Å². The molecule has 0 saturated carbocycles. The number of hydrogen-bond donors (Lipinski definition) is 1. The van der Waals surface area contributed by atoms with Crippen molar-refractivity contribution in [1.82, 2.24) is 4.98 Å². The molecule has 1 aromatic carbocycles. The van der Waals surface area contributed by atoms with E-state index in [1.165, 1.54) is 12.1 Å². The molecule has 0 radical (unpaired) electrons. The molecule has 2 rings (SSSR count). The summed E-state index contributed by atoms with van der Waals surface area (Å²) in [6.07, 6.45) is 2.82. The Morgan fingerprint density at radius 3 is 3.12 bits per heavy atom. The standard InChI is InChI=1S/C11H13FN2OS/c1-16-5-4-8(13)11-14-9-3-2-7(12)6-10(9)15-11/h2-3,6,8H,4-5,13H2,1H3. The number of benzene rings is 1. The van der Waals surface area contributed by atoms with Gasteiger partial charge in [-0.25, -0.2) is 9.37 Å². The monoisotopic (exact) mass is 240 g/mol. The molecule has 2 N–H and O–H groups in total. The fourth-order valence-electron chi connectivity index (χ4n) is 1.44. The maximum absolute atomic E-state index is 12.9. The third-order valence-corrected chi connectivity index (χ3v) is 2.96. The minimum atomic E-state index is -0.326. The highest BCUT2D eigenvalue weighted by Gasteiger charge is 2.13. The number of oxazole rings is 1. The Balaban J connectivity index is 2.25. The summed E-state index contributed by atoms with van der Waals surface area (Å²) < 4.78 is 18.3. The van der Waals surface area contributed by atoms with Crippen molar-refractivity contribution in [1.29, 1.82) is 0 Å². The van der Waals surface area contributed by atoms with Gasteiger partial charge >= 0.3 is 0 Å². The first-order chi connectivity index (χ1) is 7.70. The van der Waals surface area contributed by atoms with Gasteiger partial charge in [0.1, 0.15) is 11.3 Å². The zero-order valence-electron chi connectivity index (χ0n) is 8.94. The molecule has 3 nitrogen and oxygen atoms in total. The number of aromatic nitrogens is 1. The molecule has 1 aromatic heterocycles. The molecule has 0 amide bonds. The van der Waals surface area contributed by atoms with E-state index in [1.54, 1.807) is 17.8 Å². The van der Waals surface area contributed by atoms with Gasteiger partial charge in [0.25, 0.3) is 0 Å². The first kappa shape index (κ1) is 11.4. The van der Waals surface area contributed by atoms with E-state index in [-0.39, 0.29) is 11.9 Å². The number of hydrogen-bond acceptors (Lipinski definition) is 4. The molecule has 1 heterocycles. The maximum atomic E-state index is 12.9. The largest absolute Gasteiger partial charge is 0.439 e. The first-order valence-corrected chi connectivity index (χ1v) is 6.40. The Morgan fingerprint density at radius 1 is 1.56 bits per heavy atom. The zero-order valence-corrected chi connectivity index (χ0v) is 9.76. The predicted octanol–water partition coefficient (Wildman–Crippen LogP) is 2.72. The van der Waals surface area contributed by atoms with E-state index in [9.17, 15) is 4.39 Å². The second kappa shape index (κ2) is 4.84. The molecule has 0 aliphatic carbocycles. The predicted molar refractivity (Wildman–Crippen MR) is 63.9 cm³/mol. The minimum absolute atomic E-state index is 0.220. The molecule has 16 heavy (non-hydrogen) atoms. The molecule has 0 spiro atoms. The Labute approximate surface area is 97.2 Å². The Hall–Kier alpha value is -1.07. The number of rotatable bonds is 4. The Kier molecular flexibility index (Phi) is 3.46. The topological polar surface area (TPSA) is 52.0 Å². The third-order valence-electron chi connectivity index (χ3n) is 2.32. The molecule has 86 valence electrons. The number of thioether (sulfide) groups is 1. The maximum Gasteiger partial charge on any atom is 0.212 e. The van der Waals surface area contributed by atoms with Gasteiger partial charge in [0.15, 0.2) is 5.58 Å². The highest BCUT2D eigenvalue weighted by Crippen LogP contribution is 2.22. The average molecular weight is 240 g/mol. The van der Waals surface area contributed by atoms with E-state index in [1.807, 2.05) is 6.26 Å². The van der Waals surface area contributed by atoms with E-state index >= 15 is 0 Å². The van der Waals surface area contributed by atoms with Gasteiger partial charge in [0, 0.05) is 6.07 Å². The summed E-state index contributed by atoms with van der Waals surface area (Å²) in [6.45, 7) is 0. The number of fused-ring (bicyclic) bond motifs is 1. The van der Waals surface area contributed by atoms with Crippen LogP contribution >= 0.6 is 11.8 Å². The summed E-state index contributed by atoms with van der Waals surface area (Å²) in [4.78, 5) is 4.24. The van der Waals surface area contributed by atoms with Crippen LogP contribution in [0.1, 0.15) is 18.4 Å². The van der Waals surface area contributed by atoms with Crippen molar-refractivity contribution in [2.45, 2.75) is 12.5 Å². The lowest BCUT2D eigenvalue weighted by Gasteiger charge is -2.04. The number of nitrogens with zero attached hydrogens (tertiary/aromatic N) is 1. The lowest BCUT2D eigenvalue weighted by Crippen LogP contribution is -2.11. The fourth-order valence-corrected chi connectivity index (χ4v) is 1.93. The van der Waals surface area contributed by atoms with Crippen LogP contribution in [0.2, 0.25) is 0 Å². The van der Waals surface area contributed by atoms with E-state index in [0.29, 0.717) is 17.0 Å². The molecule has 1 unspecified atom stereocenters. The Morgan fingerprint density at radius 2 is 2.38 bits per heavy atom. The van der Waals surface area contributed by atoms with Crippen molar-refractivity contribution in [3.63, 3.8) is 0 Å². The van der Waals surface area contributed by atoms with Gasteiger partial charge < -0.3 is 10.2 Å². The summed E-state index contributed by atoms with van der Waals surface area (Å²) in [5, 5.41) is 0. The van der Waals surface area contributed by atoms with Crippen molar-refractivity contribution < 1.29 is 8.81 Å². The summed E-state index contributed by atoms with van der Waals surface area (Å²) in [7, 11) is 0. The van der Waals surface area contributed by atoms with Gasteiger partial charge in [-0.2, -0.15) is 11.8 Å². The van der Waals surface area contributed by atoms with Crippen molar-refractivity contribution >= 4 is 22.9 Å². The highest BCUT2D eigenvalue weighted by molar-refractivity contribution is 7.98. The molecule has 0 aliphatic rings. The molecule has 0 saturated heterocycles. The fraction of sp³-hybridized carbons (Fsp3) is 0.364. The SMILES string of the molecule is CSCCC(N)c1nc2ccc(F)cc2o1. The van der Waals surface area contributed by atoms with Crippen LogP contribution in [0.25, 0.3) is 11.1 Å². The lowest BCUT2D eigenvalue weighted by molar-refractivity contribution is 0.469. The van der Waals surface area contributed by atoms with Crippen LogP contribution < -0.4 is 5.73 Å². The molecule has 0 bridgehead atoms. The quantitative estimate of drug-likeness (QED) is 0.892. The van der Waals surface area contributed by atoms with Crippen molar-refractivity contribution in [3.8, 4) is 0 Å². The third kappa shape index (κ3) is 2.36. The normalized spacial score (nSPS) is 13.2. The number of nitrogens with two attached hydrogens (primary N) is 1. The second-order valence-corrected chi connectivity index (χ2v) is 4.54. The Bertz CT molecular complexity index is 486. The molecular formula is C11H13FN2OS. The van der Waals surface area contributed by atoms with E-state index in [0.717, 1.165) is 12.2 Å². The summed E-state index contributed by atoms with van der Waals surface area (Å²) in [5.74, 6) is 1.11. The van der Waals surface area contributed by atoms with Crippen LogP contribution in [0.5, 0.6) is 0 Å². The molecule has 2 aromatic rings. The zero-order chi connectivity index (χ0) is 11.5. The van der Waals surface area contributed by atoms with Gasteiger partial charge in [-0.15, -0.1) is 0 Å². The molecule has 1 atom stereocenters. The summed E-state index contributed by atoms with van der Waals surface area (Å²) >= 11 is 1.72. The smallest absolute Gasteiger partial charge is 0.212 e. The van der Waals surface area contributed by atoms with Gasteiger partial charge in [-0.3, -0.25) is 0 Å². The van der Waals surface area contributed by atoms with Crippen molar-refractivity contribution in [2.24, 2.45) is 5.73 Å². The van der Waals surface area contributed by atoms with Gasteiger partial charge in [-0.1, -0.05) is 0 Å². The van der Waals surface area contributed by atoms with Crippen LogP contribution in [0, 0.1) is 5.82 Å². The summed E-state index contributed by atoms with van der Waals surface area (Å²) in [5.41, 5.74) is 7.02. The van der Waals surface area contributed by atoms with E-state index in [4.69, 9.17) is 10.2 Å². The highest BCUT2D eigenvalue weighted by atomic mass is 32.2. The minimum Gasteiger partial charge on any atom is -0.439 e. The molecule has 0 fully saturated rings. The average Bonchev–Trinajstić information content (AvgIpc) is 2.68. The first-order valence-electron chi connectivity index (χ1n) is 5.01. The molecule has 0 aliphatic heterocycles. The van der Waals surface area contributed by atoms with Crippen molar-refractivity contribution in [2.75, 3.05) is 12.0 Å². The van der Waals surface area contributed by atoms with Crippen LogP contribution in [0.15, 0.2) is 22.6 Å². The van der Waals surface area contributed by atoms with Crippen molar-refractivity contribution in [3.05, 3.63) is 29.9 Å². The number of halogens is 1.